The first-order valence-electron chi connectivity index (χ1n) is 5.56. The van der Waals surface area contributed by atoms with Crippen molar-refractivity contribution in [3.05, 3.63) is 0 Å². The summed E-state index contributed by atoms with van der Waals surface area (Å²) in [4.78, 5) is 21.7. The number of alkyl halides is 3. The number of nitrogens with one attached hydrogen (secondary N) is 1. The van der Waals surface area contributed by atoms with Crippen LogP contribution in [-0.2, 0) is 24.3 Å². The van der Waals surface area contributed by atoms with E-state index in [9.17, 15) is 31.2 Å². The van der Waals surface area contributed by atoms with Crippen molar-refractivity contribution in [1.82, 2.24) is 4.72 Å². The average Bonchev–Trinajstić information content (AvgIpc) is 2.32. The van der Waals surface area contributed by atoms with Crippen LogP contribution in [-0.4, -0.2) is 44.9 Å². The summed E-state index contributed by atoms with van der Waals surface area (Å²) in [6.45, 7) is 1.08. The van der Waals surface area contributed by atoms with Gasteiger partial charge in [-0.15, -0.1) is 0 Å². The fourth-order valence-electron chi connectivity index (χ4n) is 1.02. The number of nitrogens with two attached hydrogens (primary N) is 1. The van der Waals surface area contributed by atoms with Gasteiger partial charge in [-0.25, -0.2) is 18.0 Å². The third kappa shape index (κ3) is 6.82. The zero-order valence-corrected chi connectivity index (χ0v) is 11.4. The first-order valence-corrected chi connectivity index (χ1v) is 7.21. The zero-order chi connectivity index (χ0) is 16.0. The van der Waals surface area contributed by atoms with Crippen molar-refractivity contribution in [2.75, 3.05) is 12.3 Å². The monoisotopic (exact) mass is 320 g/mol. The normalized spacial score (nSPS) is 13.8. The maximum atomic E-state index is 11.9. The zero-order valence-electron chi connectivity index (χ0n) is 10.6. The maximum Gasteiger partial charge on any atom is 0.491 e. The second-order valence-corrected chi connectivity index (χ2v) is 5.66. The van der Waals surface area contributed by atoms with Crippen molar-refractivity contribution in [2.24, 2.45) is 5.73 Å². The first-order chi connectivity index (χ1) is 9.03. The van der Waals surface area contributed by atoms with Gasteiger partial charge in [-0.1, -0.05) is 13.3 Å². The summed E-state index contributed by atoms with van der Waals surface area (Å²) in [6, 6.07) is -1.75. The van der Waals surface area contributed by atoms with Crippen LogP contribution in [0.1, 0.15) is 19.8 Å². The number of hydrogen-bond acceptors (Lipinski definition) is 6. The lowest BCUT2D eigenvalue weighted by Gasteiger charge is -2.15. The van der Waals surface area contributed by atoms with Gasteiger partial charge in [-0.05, 0) is 6.42 Å². The summed E-state index contributed by atoms with van der Waals surface area (Å²) >= 11 is 0. The molecule has 7 nitrogen and oxygen atoms in total. The Morgan fingerprint density at radius 2 is 1.90 bits per heavy atom. The molecule has 0 bridgehead atoms. The van der Waals surface area contributed by atoms with Crippen LogP contribution >= 0.6 is 0 Å². The standard InChI is InChI=1S/C9H15F3N2O5S/c1-2-3-4-20(17,18)14-6(5-13)7(15)19-8(16)9(10,11)12/h6,14H,2-5,13H2,1H3/t6-/m0/s1. The number of rotatable bonds is 7. The maximum absolute atomic E-state index is 11.9. The lowest BCUT2D eigenvalue weighted by atomic mass is 10.3. The molecular formula is C9H15F3N2O5S. The molecule has 0 unspecified atom stereocenters. The Balaban J connectivity index is 4.69. The highest BCUT2D eigenvalue weighted by molar-refractivity contribution is 7.89. The van der Waals surface area contributed by atoms with Gasteiger partial charge in [0.2, 0.25) is 10.0 Å². The molecule has 0 radical (unpaired) electrons. The van der Waals surface area contributed by atoms with Gasteiger partial charge >= 0.3 is 18.1 Å². The summed E-state index contributed by atoms with van der Waals surface area (Å²) in [5, 5.41) is 0. The van der Waals surface area contributed by atoms with Crippen LogP contribution in [0.5, 0.6) is 0 Å². The Kier molecular flexibility index (Phi) is 7.09. The molecule has 0 spiro atoms. The molecule has 0 saturated heterocycles. The molecule has 0 aromatic heterocycles. The minimum absolute atomic E-state index is 0.295. The summed E-state index contributed by atoms with van der Waals surface area (Å²) < 4.78 is 63.9. The molecule has 11 heteroatoms. The smallest absolute Gasteiger partial charge is 0.385 e. The Bertz CT molecular complexity index is 449. The molecule has 3 N–H and O–H groups in total. The molecule has 1 atom stereocenters. The van der Waals surface area contributed by atoms with E-state index < -0.39 is 40.7 Å². The van der Waals surface area contributed by atoms with E-state index in [1.54, 1.807) is 11.6 Å². The molecule has 0 heterocycles. The molecule has 0 saturated carbocycles. The Morgan fingerprint density at radius 3 is 2.30 bits per heavy atom. The molecule has 0 aliphatic heterocycles. The molecule has 0 amide bonds. The third-order valence-corrected chi connectivity index (χ3v) is 3.50. The minimum Gasteiger partial charge on any atom is -0.385 e. The molecule has 0 fully saturated rings. The van der Waals surface area contributed by atoms with Crippen molar-refractivity contribution in [3.8, 4) is 0 Å². The predicted molar refractivity (Wildman–Crippen MR) is 61.8 cm³/mol. The van der Waals surface area contributed by atoms with Gasteiger partial charge in [0.25, 0.3) is 0 Å². The van der Waals surface area contributed by atoms with Crippen molar-refractivity contribution < 1.29 is 35.9 Å². The van der Waals surface area contributed by atoms with E-state index in [0.29, 0.717) is 12.8 Å². The quantitative estimate of drug-likeness (QED) is 0.490. The van der Waals surface area contributed by atoms with E-state index in [1.807, 2.05) is 0 Å². The predicted octanol–water partition coefficient (Wildman–Crippen LogP) is -0.335. The van der Waals surface area contributed by atoms with E-state index in [1.165, 1.54) is 0 Å². The van der Waals surface area contributed by atoms with E-state index in [4.69, 9.17) is 5.73 Å². The molecule has 20 heavy (non-hydrogen) atoms. The van der Waals surface area contributed by atoms with Gasteiger partial charge in [0.05, 0.1) is 5.75 Å². The SMILES string of the molecule is CCCCS(=O)(=O)N[C@@H](CN)C(=O)OC(=O)C(F)(F)F. The highest BCUT2D eigenvalue weighted by atomic mass is 32.2. The lowest BCUT2D eigenvalue weighted by Crippen LogP contribution is -2.48. The number of ether oxygens (including phenoxy) is 1. The Hall–Kier alpha value is -1.20. The van der Waals surface area contributed by atoms with E-state index >= 15 is 0 Å². The lowest BCUT2D eigenvalue weighted by molar-refractivity contribution is -0.202. The number of unbranched alkanes of at least 4 members (excludes halogenated alkanes) is 1. The number of carbonyl (C=O) groups excluding carboxylic acids is 2. The van der Waals surface area contributed by atoms with Gasteiger partial charge in [0.15, 0.2) is 0 Å². The second-order valence-electron chi connectivity index (χ2n) is 3.78. The molecule has 0 aliphatic carbocycles. The first kappa shape index (κ1) is 18.8. The largest absolute Gasteiger partial charge is 0.491 e. The van der Waals surface area contributed by atoms with Crippen LogP contribution in [0.2, 0.25) is 0 Å². The fraction of sp³-hybridized carbons (Fsp3) is 0.778. The van der Waals surface area contributed by atoms with E-state index in [-0.39, 0.29) is 5.75 Å². The van der Waals surface area contributed by atoms with Crippen molar-refractivity contribution in [1.29, 1.82) is 0 Å². The summed E-state index contributed by atoms with van der Waals surface area (Å²) in [6.07, 6.45) is -4.50. The minimum atomic E-state index is -5.35. The summed E-state index contributed by atoms with van der Waals surface area (Å²) in [7, 11) is -3.89. The molecule has 0 rings (SSSR count). The van der Waals surface area contributed by atoms with Gasteiger partial charge in [-0.2, -0.15) is 17.9 Å². The van der Waals surface area contributed by atoms with Crippen LogP contribution in [0, 0.1) is 0 Å². The number of sulfonamides is 1. The molecule has 118 valence electrons. The second kappa shape index (κ2) is 7.55. The summed E-state index contributed by atoms with van der Waals surface area (Å²) in [5.41, 5.74) is 5.07. The van der Waals surface area contributed by atoms with Gasteiger partial charge < -0.3 is 10.5 Å². The molecule has 0 aromatic rings. The highest BCUT2D eigenvalue weighted by Gasteiger charge is 2.43. The molecule has 0 aromatic carbocycles. The molecule has 0 aliphatic rings. The van der Waals surface area contributed by atoms with Gasteiger partial charge in [0, 0.05) is 6.54 Å². The van der Waals surface area contributed by atoms with Crippen LogP contribution < -0.4 is 10.5 Å². The number of hydrogen-bond donors (Lipinski definition) is 2. The van der Waals surface area contributed by atoms with Crippen LogP contribution in [0.4, 0.5) is 13.2 Å². The topological polar surface area (TPSA) is 116 Å². The Morgan fingerprint density at radius 1 is 1.35 bits per heavy atom. The van der Waals surface area contributed by atoms with Gasteiger partial charge in [0.1, 0.15) is 6.04 Å². The van der Waals surface area contributed by atoms with E-state index in [2.05, 4.69) is 4.74 Å². The van der Waals surface area contributed by atoms with E-state index in [0.717, 1.165) is 0 Å². The fourth-order valence-corrected chi connectivity index (χ4v) is 2.44. The molecular weight excluding hydrogens is 305 g/mol. The van der Waals surface area contributed by atoms with Crippen molar-refractivity contribution in [2.45, 2.75) is 32.0 Å². The van der Waals surface area contributed by atoms with Crippen LogP contribution in [0.3, 0.4) is 0 Å². The Labute approximate surface area is 113 Å². The number of carbonyl (C=O) groups is 2. The third-order valence-electron chi connectivity index (χ3n) is 2.03. The van der Waals surface area contributed by atoms with Crippen LogP contribution in [0.25, 0.3) is 0 Å². The van der Waals surface area contributed by atoms with Crippen molar-refractivity contribution in [3.63, 3.8) is 0 Å². The van der Waals surface area contributed by atoms with Crippen LogP contribution in [0.15, 0.2) is 0 Å². The highest BCUT2D eigenvalue weighted by Crippen LogP contribution is 2.16. The average molecular weight is 320 g/mol. The van der Waals surface area contributed by atoms with Gasteiger partial charge in [-0.3, -0.25) is 0 Å². The number of esters is 2. The van der Waals surface area contributed by atoms with Crippen molar-refractivity contribution >= 4 is 22.0 Å². The number of halogens is 3. The summed E-state index contributed by atoms with van der Waals surface area (Å²) in [5.74, 6) is -4.75.